The van der Waals surface area contributed by atoms with Crippen molar-refractivity contribution in [2.75, 3.05) is 0 Å². The average molecular weight is 290 g/mol. The van der Waals surface area contributed by atoms with Gasteiger partial charge in [0, 0.05) is 16.0 Å². The van der Waals surface area contributed by atoms with Crippen molar-refractivity contribution in [3.05, 3.63) is 62.9 Å². The van der Waals surface area contributed by atoms with E-state index in [-0.39, 0.29) is 0 Å². The number of rotatable bonds is 2. The maximum atomic E-state index is 10.6. The number of aromatic nitrogens is 1. The van der Waals surface area contributed by atoms with Crippen LogP contribution < -0.4 is 0 Å². The van der Waals surface area contributed by atoms with Crippen LogP contribution in [0.2, 0.25) is 4.34 Å². The maximum Gasteiger partial charge on any atom is 0.114 e. The summed E-state index contributed by atoms with van der Waals surface area (Å²) in [5.41, 5.74) is 2.68. The van der Waals surface area contributed by atoms with E-state index in [0.717, 1.165) is 27.0 Å². The monoisotopic (exact) mass is 289 g/mol. The maximum absolute atomic E-state index is 10.6. The molecule has 0 saturated carbocycles. The van der Waals surface area contributed by atoms with Crippen molar-refractivity contribution in [2.24, 2.45) is 0 Å². The summed E-state index contributed by atoms with van der Waals surface area (Å²) in [5, 5.41) is 11.5. The first-order valence-electron chi connectivity index (χ1n) is 5.95. The van der Waals surface area contributed by atoms with Crippen molar-refractivity contribution in [3.8, 4) is 0 Å². The summed E-state index contributed by atoms with van der Waals surface area (Å²) >= 11 is 7.34. The molecule has 1 aromatic carbocycles. The van der Waals surface area contributed by atoms with Gasteiger partial charge >= 0.3 is 0 Å². The fourth-order valence-electron chi connectivity index (χ4n) is 2.20. The van der Waals surface area contributed by atoms with Gasteiger partial charge < -0.3 is 5.11 Å². The van der Waals surface area contributed by atoms with E-state index in [0.29, 0.717) is 4.34 Å². The molecule has 4 heteroatoms. The van der Waals surface area contributed by atoms with E-state index in [1.54, 1.807) is 6.07 Å². The summed E-state index contributed by atoms with van der Waals surface area (Å²) in [6, 6.07) is 13.4. The minimum atomic E-state index is -0.663. The fourth-order valence-corrected chi connectivity index (χ4v) is 3.26. The molecule has 2 aromatic heterocycles. The highest BCUT2D eigenvalue weighted by Gasteiger charge is 2.16. The molecular weight excluding hydrogens is 278 g/mol. The Bertz CT molecular complexity index is 738. The second kappa shape index (κ2) is 4.93. The van der Waals surface area contributed by atoms with Gasteiger partial charge in [-0.25, -0.2) is 0 Å². The van der Waals surface area contributed by atoms with Crippen LogP contribution in [0.15, 0.2) is 42.5 Å². The Morgan fingerprint density at radius 1 is 1.21 bits per heavy atom. The third-order valence-electron chi connectivity index (χ3n) is 3.03. The number of para-hydroxylation sites is 1. The van der Waals surface area contributed by atoms with Crippen molar-refractivity contribution < 1.29 is 5.11 Å². The van der Waals surface area contributed by atoms with Gasteiger partial charge in [-0.15, -0.1) is 11.3 Å². The van der Waals surface area contributed by atoms with Gasteiger partial charge in [0.25, 0.3) is 0 Å². The normalized spacial score (nSPS) is 12.8. The van der Waals surface area contributed by atoms with Crippen molar-refractivity contribution >= 4 is 33.8 Å². The Balaban J connectivity index is 2.19. The number of benzene rings is 1. The lowest BCUT2D eigenvalue weighted by Gasteiger charge is -2.13. The predicted octanol–water partition coefficient (Wildman–Crippen LogP) is 4.34. The number of fused-ring (bicyclic) bond motifs is 1. The highest BCUT2D eigenvalue weighted by atomic mass is 35.5. The Hall–Kier alpha value is -1.42. The molecule has 0 bridgehead atoms. The molecule has 0 radical (unpaired) electrons. The zero-order chi connectivity index (χ0) is 13.4. The van der Waals surface area contributed by atoms with Gasteiger partial charge in [0.15, 0.2) is 0 Å². The summed E-state index contributed by atoms with van der Waals surface area (Å²) in [6.45, 7) is 1.93. The van der Waals surface area contributed by atoms with Crippen LogP contribution in [-0.4, -0.2) is 10.1 Å². The van der Waals surface area contributed by atoms with Crippen LogP contribution in [0.4, 0.5) is 0 Å². The van der Waals surface area contributed by atoms with Crippen LogP contribution >= 0.6 is 22.9 Å². The van der Waals surface area contributed by atoms with E-state index >= 15 is 0 Å². The van der Waals surface area contributed by atoms with Gasteiger partial charge in [-0.05, 0) is 36.8 Å². The Labute approximate surface area is 120 Å². The van der Waals surface area contributed by atoms with E-state index in [4.69, 9.17) is 11.6 Å². The van der Waals surface area contributed by atoms with Gasteiger partial charge in [-0.3, -0.25) is 4.98 Å². The van der Waals surface area contributed by atoms with E-state index in [1.165, 1.54) is 11.3 Å². The molecule has 0 spiro atoms. The second-order valence-corrected chi connectivity index (χ2v) is 6.16. The summed E-state index contributed by atoms with van der Waals surface area (Å²) in [4.78, 5) is 5.33. The molecule has 0 amide bonds. The van der Waals surface area contributed by atoms with Crippen LogP contribution in [0, 0.1) is 6.92 Å². The molecule has 1 N–H and O–H groups in total. The molecule has 0 fully saturated rings. The minimum absolute atomic E-state index is 0.663. The van der Waals surface area contributed by atoms with Crippen molar-refractivity contribution in [1.82, 2.24) is 4.98 Å². The molecular formula is C15H12ClNOS. The zero-order valence-electron chi connectivity index (χ0n) is 10.3. The van der Waals surface area contributed by atoms with Gasteiger partial charge in [0.05, 0.1) is 9.85 Å². The van der Waals surface area contributed by atoms with E-state index in [2.05, 4.69) is 4.98 Å². The van der Waals surface area contributed by atoms with Gasteiger partial charge in [0.1, 0.15) is 6.10 Å². The largest absolute Gasteiger partial charge is 0.383 e. The molecule has 96 valence electrons. The number of halogens is 1. The van der Waals surface area contributed by atoms with Gasteiger partial charge in [-0.2, -0.15) is 0 Å². The molecule has 2 heterocycles. The van der Waals surface area contributed by atoms with E-state index in [9.17, 15) is 5.11 Å². The van der Waals surface area contributed by atoms with Gasteiger partial charge in [0.2, 0.25) is 0 Å². The van der Waals surface area contributed by atoms with Crippen molar-refractivity contribution in [1.29, 1.82) is 0 Å². The highest BCUT2D eigenvalue weighted by molar-refractivity contribution is 7.16. The van der Waals surface area contributed by atoms with Crippen LogP contribution in [0.25, 0.3) is 10.9 Å². The van der Waals surface area contributed by atoms with E-state index < -0.39 is 6.10 Å². The number of thiophene rings is 1. The molecule has 0 saturated heterocycles. The van der Waals surface area contributed by atoms with E-state index in [1.807, 2.05) is 43.3 Å². The first kappa shape index (κ1) is 12.6. The molecule has 3 rings (SSSR count). The quantitative estimate of drug-likeness (QED) is 0.761. The molecule has 1 atom stereocenters. The summed E-state index contributed by atoms with van der Waals surface area (Å²) in [5.74, 6) is 0. The number of nitrogens with zero attached hydrogens (tertiary/aromatic N) is 1. The number of hydrogen-bond donors (Lipinski definition) is 1. The van der Waals surface area contributed by atoms with Crippen LogP contribution in [0.3, 0.4) is 0 Å². The molecule has 0 aliphatic heterocycles. The zero-order valence-corrected chi connectivity index (χ0v) is 11.9. The SMILES string of the molecule is Cc1cc(C(O)c2ccc(Cl)s2)c2ccccc2n1. The van der Waals surface area contributed by atoms with Crippen LogP contribution in [0.1, 0.15) is 22.2 Å². The smallest absolute Gasteiger partial charge is 0.114 e. The minimum Gasteiger partial charge on any atom is -0.383 e. The molecule has 3 aromatic rings. The van der Waals surface area contributed by atoms with Crippen LogP contribution in [0.5, 0.6) is 0 Å². The summed E-state index contributed by atoms with van der Waals surface area (Å²) < 4.78 is 0.684. The molecule has 2 nitrogen and oxygen atoms in total. The predicted molar refractivity (Wildman–Crippen MR) is 79.9 cm³/mol. The number of hydrogen-bond acceptors (Lipinski definition) is 3. The standard InChI is InChI=1S/C15H12ClNOS/c1-9-8-11(10-4-2-3-5-12(10)17-9)15(18)13-6-7-14(16)19-13/h2-8,15,18H,1H3. The number of aryl methyl sites for hydroxylation is 1. The second-order valence-electron chi connectivity index (χ2n) is 4.41. The average Bonchev–Trinajstić information content (AvgIpc) is 2.83. The Morgan fingerprint density at radius 2 is 2.00 bits per heavy atom. The van der Waals surface area contributed by atoms with Crippen LogP contribution in [-0.2, 0) is 0 Å². The molecule has 0 aliphatic rings. The molecule has 1 unspecified atom stereocenters. The number of aliphatic hydroxyl groups excluding tert-OH is 1. The summed E-state index contributed by atoms with van der Waals surface area (Å²) in [6.07, 6.45) is -0.663. The Kier molecular flexibility index (Phi) is 3.27. The number of pyridine rings is 1. The lowest BCUT2D eigenvalue weighted by Crippen LogP contribution is -2.00. The number of aliphatic hydroxyl groups is 1. The van der Waals surface area contributed by atoms with Gasteiger partial charge in [-0.1, -0.05) is 29.8 Å². The fraction of sp³-hybridized carbons (Fsp3) is 0.133. The van der Waals surface area contributed by atoms with Crippen molar-refractivity contribution in [3.63, 3.8) is 0 Å². The van der Waals surface area contributed by atoms with Crippen molar-refractivity contribution in [2.45, 2.75) is 13.0 Å². The topological polar surface area (TPSA) is 33.1 Å². The first-order chi connectivity index (χ1) is 9.15. The Morgan fingerprint density at radius 3 is 2.74 bits per heavy atom. The molecule has 0 aliphatic carbocycles. The summed E-state index contributed by atoms with van der Waals surface area (Å²) in [7, 11) is 0. The third kappa shape index (κ3) is 2.37. The lowest BCUT2D eigenvalue weighted by molar-refractivity contribution is 0.225. The highest BCUT2D eigenvalue weighted by Crippen LogP contribution is 2.34. The lowest BCUT2D eigenvalue weighted by atomic mass is 10.0. The first-order valence-corrected chi connectivity index (χ1v) is 7.14. The third-order valence-corrected chi connectivity index (χ3v) is 4.32. The molecule has 19 heavy (non-hydrogen) atoms.